The van der Waals surface area contributed by atoms with Gasteiger partial charge in [0.15, 0.2) is 0 Å². The fraction of sp³-hybridized carbons (Fsp3) is 0.0556. The standard InChI is InChI=1S/C18H15FN2O2S/c1-13-4-2-7-18(20-13)21-24(22,23)17-10-8-14(9-11-17)15-5-3-6-16(19)12-15/h2-12H,1H3,(H,20,21). The van der Waals surface area contributed by atoms with Gasteiger partial charge >= 0.3 is 0 Å². The molecule has 0 fully saturated rings. The molecule has 0 unspecified atom stereocenters. The lowest BCUT2D eigenvalue weighted by Crippen LogP contribution is -2.14. The first-order chi connectivity index (χ1) is 11.4. The first-order valence-corrected chi connectivity index (χ1v) is 8.75. The molecule has 0 aliphatic rings. The Hall–Kier alpha value is -2.73. The number of halogens is 1. The maximum Gasteiger partial charge on any atom is 0.263 e. The van der Waals surface area contributed by atoms with Crippen LogP contribution in [0.5, 0.6) is 0 Å². The summed E-state index contributed by atoms with van der Waals surface area (Å²) in [5.74, 6) is -0.0689. The average molecular weight is 342 g/mol. The van der Waals surface area contributed by atoms with Gasteiger partial charge in [-0.25, -0.2) is 17.8 Å². The van der Waals surface area contributed by atoms with Gasteiger partial charge in [0.1, 0.15) is 11.6 Å². The number of pyridine rings is 1. The third-order valence-electron chi connectivity index (χ3n) is 3.45. The fourth-order valence-electron chi connectivity index (χ4n) is 2.29. The van der Waals surface area contributed by atoms with Crippen molar-refractivity contribution in [2.45, 2.75) is 11.8 Å². The van der Waals surface area contributed by atoms with Crippen molar-refractivity contribution < 1.29 is 12.8 Å². The number of nitrogens with zero attached hydrogens (tertiary/aromatic N) is 1. The van der Waals surface area contributed by atoms with Gasteiger partial charge in [0.2, 0.25) is 0 Å². The predicted octanol–water partition coefficient (Wildman–Crippen LogP) is 4.00. The number of nitrogens with one attached hydrogen (secondary N) is 1. The third-order valence-corrected chi connectivity index (χ3v) is 4.82. The van der Waals surface area contributed by atoms with Crippen molar-refractivity contribution in [1.82, 2.24) is 4.98 Å². The van der Waals surface area contributed by atoms with Crippen LogP contribution < -0.4 is 4.72 Å². The van der Waals surface area contributed by atoms with E-state index in [4.69, 9.17) is 0 Å². The molecule has 1 heterocycles. The molecule has 4 nitrogen and oxygen atoms in total. The highest BCUT2D eigenvalue weighted by Crippen LogP contribution is 2.23. The molecule has 3 aromatic rings. The fourth-order valence-corrected chi connectivity index (χ4v) is 3.29. The summed E-state index contributed by atoms with van der Waals surface area (Å²) in [7, 11) is -3.72. The summed E-state index contributed by atoms with van der Waals surface area (Å²) in [4.78, 5) is 4.24. The number of aryl methyl sites for hydroxylation is 1. The molecular formula is C18H15FN2O2S. The lowest BCUT2D eigenvalue weighted by molar-refractivity contribution is 0.601. The van der Waals surface area contributed by atoms with Crippen LogP contribution in [0.3, 0.4) is 0 Å². The molecule has 0 saturated carbocycles. The van der Waals surface area contributed by atoms with E-state index in [1.807, 2.05) is 0 Å². The lowest BCUT2D eigenvalue weighted by atomic mass is 10.1. The van der Waals surface area contributed by atoms with Gasteiger partial charge in [-0.2, -0.15) is 0 Å². The van der Waals surface area contributed by atoms with Gasteiger partial charge < -0.3 is 0 Å². The summed E-state index contributed by atoms with van der Waals surface area (Å²) in [6.45, 7) is 1.78. The second-order valence-electron chi connectivity index (χ2n) is 5.30. The monoisotopic (exact) mass is 342 g/mol. The summed E-state index contributed by atoms with van der Waals surface area (Å²) in [5, 5.41) is 0. The highest BCUT2D eigenvalue weighted by Gasteiger charge is 2.15. The second kappa shape index (κ2) is 6.41. The number of benzene rings is 2. The van der Waals surface area contributed by atoms with E-state index in [0.717, 1.165) is 11.3 Å². The van der Waals surface area contributed by atoms with Gasteiger partial charge in [-0.3, -0.25) is 4.72 Å². The van der Waals surface area contributed by atoms with Crippen molar-refractivity contribution >= 4 is 15.8 Å². The van der Waals surface area contributed by atoms with E-state index in [1.165, 1.54) is 24.3 Å². The Morgan fingerprint density at radius 1 is 0.917 bits per heavy atom. The minimum Gasteiger partial charge on any atom is -0.263 e. The van der Waals surface area contributed by atoms with Gasteiger partial charge in [0.05, 0.1) is 4.90 Å². The molecule has 1 N–H and O–H groups in total. The van der Waals surface area contributed by atoms with Crippen LogP contribution in [0.1, 0.15) is 5.69 Å². The smallest absolute Gasteiger partial charge is 0.263 e. The highest BCUT2D eigenvalue weighted by atomic mass is 32.2. The van der Waals surface area contributed by atoms with Crippen molar-refractivity contribution in [2.75, 3.05) is 4.72 Å². The predicted molar refractivity (Wildman–Crippen MR) is 91.6 cm³/mol. The Bertz CT molecular complexity index is 970. The maximum atomic E-state index is 13.3. The number of rotatable bonds is 4. The molecule has 0 spiro atoms. The highest BCUT2D eigenvalue weighted by molar-refractivity contribution is 7.92. The summed E-state index contributed by atoms with van der Waals surface area (Å²) < 4.78 is 40.5. The Labute approximate surface area is 140 Å². The topological polar surface area (TPSA) is 59.1 Å². The molecule has 0 bridgehead atoms. The molecule has 1 aromatic heterocycles. The van der Waals surface area contributed by atoms with Crippen molar-refractivity contribution in [3.8, 4) is 11.1 Å². The molecule has 0 aliphatic carbocycles. The van der Waals surface area contributed by atoms with Crippen molar-refractivity contribution in [1.29, 1.82) is 0 Å². The van der Waals surface area contributed by atoms with Crippen LogP contribution in [0.4, 0.5) is 10.2 Å². The van der Waals surface area contributed by atoms with Crippen LogP contribution in [-0.2, 0) is 10.0 Å². The molecule has 2 aromatic carbocycles. The normalized spacial score (nSPS) is 11.2. The molecule has 0 saturated heterocycles. The molecule has 24 heavy (non-hydrogen) atoms. The molecule has 0 amide bonds. The largest absolute Gasteiger partial charge is 0.263 e. The summed E-state index contributed by atoms with van der Waals surface area (Å²) in [5.41, 5.74) is 2.14. The van der Waals surface area contributed by atoms with Gasteiger partial charge in [-0.15, -0.1) is 0 Å². The van der Waals surface area contributed by atoms with Crippen molar-refractivity contribution in [2.24, 2.45) is 0 Å². The summed E-state index contributed by atoms with van der Waals surface area (Å²) >= 11 is 0. The number of anilines is 1. The first kappa shape index (κ1) is 16.1. The number of aromatic nitrogens is 1. The minimum atomic E-state index is -3.72. The first-order valence-electron chi connectivity index (χ1n) is 7.26. The molecular weight excluding hydrogens is 327 g/mol. The van der Waals surface area contributed by atoms with Crippen LogP contribution >= 0.6 is 0 Å². The molecule has 0 radical (unpaired) electrons. The minimum absolute atomic E-state index is 0.117. The molecule has 6 heteroatoms. The number of hydrogen-bond donors (Lipinski definition) is 1. The zero-order valence-electron chi connectivity index (χ0n) is 12.9. The second-order valence-corrected chi connectivity index (χ2v) is 6.99. The van der Waals surface area contributed by atoms with E-state index < -0.39 is 10.0 Å². The van der Waals surface area contributed by atoms with E-state index in [9.17, 15) is 12.8 Å². The zero-order valence-corrected chi connectivity index (χ0v) is 13.7. The Morgan fingerprint density at radius 3 is 2.29 bits per heavy atom. The quantitative estimate of drug-likeness (QED) is 0.780. The SMILES string of the molecule is Cc1cccc(NS(=O)(=O)c2ccc(-c3cccc(F)c3)cc2)n1. The van der Waals surface area contributed by atoms with Crippen molar-refractivity contribution in [3.05, 3.63) is 78.2 Å². The average Bonchev–Trinajstić information content (AvgIpc) is 2.54. The molecule has 0 aliphatic heterocycles. The van der Waals surface area contributed by atoms with Gasteiger partial charge in [0, 0.05) is 5.69 Å². The lowest BCUT2D eigenvalue weighted by Gasteiger charge is -2.09. The van der Waals surface area contributed by atoms with Crippen LogP contribution in [0.2, 0.25) is 0 Å². The van der Waals surface area contributed by atoms with Crippen LogP contribution in [0.15, 0.2) is 71.6 Å². The summed E-state index contributed by atoms with van der Waals surface area (Å²) in [6, 6.07) is 17.5. The number of sulfonamides is 1. The Morgan fingerprint density at radius 2 is 1.62 bits per heavy atom. The van der Waals surface area contributed by atoms with E-state index in [-0.39, 0.29) is 16.5 Å². The Balaban J connectivity index is 1.87. The third kappa shape index (κ3) is 3.60. The maximum absolute atomic E-state index is 13.3. The Kier molecular flexibility index (Phi) is 4.31. The van der Waals surface area contributed by atoms with Gasteiger partial charge in [0.25, 0.3) is 10.0 Å². The van der Waals surface area contributed by atoms with Crippen LogP contribution in [0.25, 0.3) is 11.1 Å². The van der Waals surface area contributed by atoms with Crippen LogP contribution in [0, 0.1) is 12.7 Å². The van der Waals surface area contributed by atoms with Gasteiger partial charge in [-0.05, 0) is 54.4 Å². The molecule has 122 valence electrons. The van der Waals surface area contributed by atoms with E-state index in [2.05, 4.69) is 9.71 Å². The molecule has 0 atom stereocenters. The van der Waals surface area contributed by atoms with E-state index >= 15 is 0 Å². The van der Waals surface area contributed by atoms with Crippen molar-refractivity contribution in [3.63, 3.8) is 0 Å². The molecule has 3 rings (SSSR count). The zero-order chi connectivity index (χ0) is 17.2. The summed E-state index contributed by atoms with van der Waals surface area (Å²) in [6.07, 6.45) is 0. The van der Waals surface area contributed by atoms with E-state index in [1.54, 1.807) is 49.4 Å². The number of hydrogen-bond acceptors (Lipinski definition) is 3. The van der Waals surface area contributed by atoms with Gasteiger partial charge in [-0.1, -0.05) is 30.3 Å². The van der Waals surface area contributed by atoms with E-state index in [0.29, 0.717) is 5.56 Å². The van der Waals surface area contributed by atoms with Crippen LogP contribution in [-0.4, -0.2) is 13.4 Å².